The molecule has 0 bridgehead atoms. The van der Waals surface area contributed by atoms with E-state index in [9.17, 15) is 4.79 Å². The number of nitrogens with zero attached hydrogens (tertiary/aromatic N) is 1. The number of benzene rings is 1. The molecule has 0 aliphatic heterocycles. The number of carbonyl (C=O) groups is 1. The predicted octanol–water partition coefficient (Wildman–Crippen LogP) is 2.77. The van der Waals surface area contributed by atoms with Gasteiger partial charge in [0.2, 0.25) is 0 Å². The molecule has 4 heteroatoms. The van der Waals surface area contributed by atoms with Crippen molar-refractivity contribution in [2.75, 3.05) is 0 Å². The normalized spacial score (nSPS) is 11.1. The molecule has 0 radical (unpaired) electrons. The summed E-state index contributed by atoms with van der Waals surface area (Å²) in [5.41, 5.74) is 0.853. The van der Waals surface area contributed by atoms with Crippen molar-refractivity contribution in [1.82, 2.24) is 5.32 Å². The van der Waals surface area contributed by atoms with Gasteiger partial charge < -0.3 is 5.32 Å². The first-order valence-corrected chi connectivity index (χ1v) is 5.59. The van der Waals surface area contributed by atoms with Gasteiger partial charge in [-0.3, -0.25) is 4.79 Å². The second-order valence-corrected chi connectivity index (χ2v) is 4.29. The van der Waals surface area contributed by atoms with Crippen LogP contribution in [0.15, 0.2) is 29.8 Å². The Morgan fingerprint density at radius 1 is 1.41 bits per heavy atom. The molecule has 0 fully saturated rings. The summed E-state index contributed by atoms with van der Waals surface area (Å²) in [6.07, 6.45) is 1.54. The van der Waals surface area contributed by atoms with Gasteiger partial charge in [-0.2, -0.15) is 5.26 Å². The summed E-state index contributed by atoms with van der Waals surface area (Å²) < 4.78 is 0. The van der Waals surface area contributed by atoms with Crippen LogP contribution in [0.5, 0.6) is 0 Å². The summed E-state index contributed by atoms with van der Waals surface area (Å²) in [6, 6.07) is 8.82. The molecule has 0 aliphatic carbocycles. The number of hydrogen-bond acceptors (Lipinski definition) is 2. The van der Waals surface area contributed by atoms with E-state index in [4.69, 9.17) is 16.9 Å². The molecule has 1 aromatic carbocycles. The second kappa shape index (κ2) is 6.07. The Hall–Kier alpha value is -1.79. The van der Waals surface area contributed by atoms with Crippen molar-refractivity contribution >= 4 is 23.6 Å². The Bertz CT molecular complexity index is 469. The van der Waals surface area contributed by atoms with Gasteiger partial charge in [-0.1, -0.05) is 23.7 Å². The van der Waals surface area contributed by atoms with E-state index in [1.807, 2.05) is 19.9 Å². The second-order valence-electron chi connectivity index (χ2n) is 3.85. The van der Waals surface area contributed by atoms with Gasteiger partial charge in [0.05, 0.1) is 0 Å². The van der Waals surface area contributed by atoms with E-state index in [1.165, 1.54) is 6.08 Å². The Kier molecular flexibility index (Phi) is 4.74. The highest BCUT2D eigenvalue weighted by molar-refractivity contribution is 6.30. The van der Waals surface area contributed by atoms with Crippen molar-refractivity contribution in [3.05, 3.63) is 40.4 Å². The monoisotopic (exact) mass is 248 g/mol. The molecule has 1 amide bonds. The van der Waals surface area contributed by atoms with Crippen LogP contribution in [-0.4, -0.2) is 11.9 Å². The van der Waals surface area contributed by atoms with Crippen LogP contribution in [0.25, 0.3) is 6.08 Å². The maximum atomic E-state index is 11.6. The fourth-order valence-corrected chi connectivity index (χ4v) is 1.34. The topological polar surface area (TPSA) is 52.9 Å². The molecule has 0 heterocycles. The maximum Gasteiger partial charge on any atom is 0.262 e. The minimum atomic E-state index is -0.363. The third-order valence-electron chi connectivity index (χ3n) is 1.97. The number of amides is 1. The summed E-state index contributed by atoms with van der Waals surface area (Å²) >= 11 is 5.75. The molecule has 0 saturated carbocycles. The van der Waals surface area contributed by atoms with Crippen LogP contribution in [0.3, 0.4) is 0 Å². The lowest BCUT2D eigenvalue weighted by Crippen LogP contribution is -2.30. The van der Waals surface area contributed by atoms with Crippen LogP contribution < -0.4 is 5.32 Å². The molecule has 0 atom stereocenters. The zero-order valence-corrected chi connectivity index (χ0v) is 10.5. The van der Waals surface area contributed by atoms with Crippen molar-refractivity contribution in [3.63, 3.8) is 0 Å². The number of nitrogens with one attached hydrogen (secondary N) is 1. The largest absolute Gasteiger partial charge is 0.349 e. The van der Waals surface area contributed by atoms with E-state index >= 15 is 0 Å². The molecule has 17 heavy (non-hydrogen) atoms. The summed E-state index contributed by atoms with van der Waals surface area (Å²) in [5, 5.41) is 12.2. The number of halogens is 1. The smallest absolute Gasteiger partial charge is 0.262 e. The van der Waals surface area contributed by atoms with Crippen LogP contribution >= 0.6 is 11.6 Å². The lowest BCUT2D eigenvalue weighted by Gasteiger charge is -2.06. The molecule has 88 valence electrons. The summed E-state index contributed by atoms with van der Waals surface area (Å²) in [5.74, 6) is -0.363. The van der Waals surface area contributed by atoms with Crippen molar-refractivity contribution in [1.29, 1.82) is 5.26 Å². The van der Waals surface area contributed by atoms with Gasteiger partial charge in [-0.15, -0.1) is 0 Å². The first-order valence-electron chi connectivity index (χ1n) is 5.21. The minimum Gasteiger partial charge on any atom is -0.349 e. The third-order valence-corrected chi connectivity index (χ3v) is 2.22. The van der Waals surface area contributed by atoms with Crippen LogP contribution in [0, 0.1) is 11.3 Å². The quantitative estimate of drug-likeness (QED) is 0.661. The number of carbonyl (C=O) groups excluding carboxylic acids is 1. The van der Waals surface area contributed by atoms with Gasteiger partial charge in [0, 0.05) is 11.1 Å². The van der Waals surface area contributed by atoms with Gasteiger partial charge in [0.1, 0.15) is 11.6 Å². The maximum absolute atomic E-state index is 11.6. The Morgan fingerprint density at radius 2 is 2.00 bits per heavy atom. The Balaban J connectivity index is 2.91. The van der Waals surface area contributed by atoms with Crippen molar-refractivity contribution < 1.29 is 4.79 Å². The van der Waals surface area contributed by atoms with Crippen molar-refractivity contribution in [3.8, 4) is 6.07 Å². The van der Waals surface area contributed by atoms with Gasteiger partial charge in [-0.25, -0.2) is 0 Å². The minimum absolute atomic E-state index is 0.00414. The lowest BCUT2D eigenvalue weighted by molar-refractivity contribution is -0.117. The molecule has 0 unspecified atom stereocenters. The van der Waals surface area contributed by atoms with Gasteiger partial charge in [0.25, 0.3) is 5.91 Å². The summed E-state index contributed by atoms with van der Waals surface area (Å²) in [4.78, 5) is 11.6. The van der Waals surface area contributed by atoms with Gasteiger partial charge >= 0.3 is 0 Å². The van der Waals surface area contributed by atoms with E-state index in [2.05, 4.69) is 5.32 Å². The molecule has 1 N–H and O–H groups in total. The highest BCUT2D eigenvalue weighted by Crippen LogP contribution is 2.12. The SMILES string of the molecule is CC(C)NC(=O)/C(C#N)=C/c1ccc(Cl)cc1. The molecule has 3 nitrogen and oxygen atoms in total. The molecular formula is C13H13ClN2O. The van der Waals surface area contributed by atoms with Crippen LogP contribution in [0.1, 0.15) is 19.4 Å². The van der Waals surface area contributed by atoms with E-state index < -0.39 is 0 Å². The van der Waals surface area contributed by atoms with E-state index in [0.29, 0.717) is 5.02 Å². The molecule has 1 rings (SSSR count). The molecular weight excluding hydrogens is 236 g/mol. The van der Waals surface area contributed by atoms with Crippen LogP contribution in [0.2, 0.25) is 5.02 Å². The third kappa shape index (κ3) is 4.29. The molecule has 0 aliphatic rings. The number of hydrogen-bond donors (Lipinski definition) is 1. The standard InChI is InChI=1S/C13H13ClN2O/c1-9(2)16-13(17)11(8-15)7-10-3-5-12(14)6-4-10/h3-7,9H,1-2H3,(H,16,17)/b11-7+. The van der Waals surface area contributed by atoms with Gasteiger partial charge in [0.15, 0.2) is 0 Å². The zero-order valence-electron chi connectivity index (χ0n) is 9.70. The van der Waals surface area contributed by atoms with E-state index in [0.717, 1.165) is 5.56 Å². The first-order chi connectivity index (χ1) is 8.02. The highest BCUT2D eigenvalue weighted by Gasteiger charge is 2.09. The summed E-state index contributed by atoms with van der Waals surface area (Å²) in [6.45, 7) is 3.68. The molecule has 0 spiro atoms. The first kappa shape index (κ1) is 13.3. The van der Waals surface area contributed by atoms with Crippen molar-refractivity contribution in [2.45, 2.75) is 19.9 Å². The molecule has 0 aromatic heterocycles. The van der Waals surface area contributed by atoms with Gasteiger partial charge in [-0.05, 0) is 37.6 Å². The molecule has 1 aromatic rings. The van der Waals surface area contributed by atoms with E-state index in [-0.39, 0.29) is 17.5 Å². The molecule has 0 saturated heterocycles. The summed E-state index contributed by atoms with van der Waals surface area (Å²) in [7, 11) is 0. The van der Waals surface area contributed by atoms with Crippen LogP contribution in [0.4, 0.5) is 0 Å². The Labute approximate surface area is 106 Å². The fourth-order valence-electron chi connectivity index (χ4n) is 1.21. The Morgan fingerprint density at radius 3 is 2.47 bits per heavy atom. The van der Waals surface area contributed by atoms with Crippen molar-refractivity contribution in [2.24, 2.45) is 0 Å². The average molecular weight is 249 g/mol. The fraction of sp³-hybridized carbons (Fsp3) is 0.231. The number of nitriles is 1. The predicted molar refractivity (Wildman–Crippen MR) is 68.3 cm³/mol. The average Bonchev–Trinajstić information content (AvgIpc) is 2.27. The zero-order chi connectivity index (χ0) is 12.8. The van der Waals surface area contributed by atoms with Crippen LogP contribution in [-0.2, 0) is 4.79 Å². The van der Waals surface area contributed by atoms with E-state index in [1.54, 1.807) is 24.3 Å². The highest BCUT2D eigenvalue weighted by atomic mass is 35.5. The number of rotatable bonds is 3. The lowest BCUT2D eigenvalue weighted by atomic mass is 10.1.